The van der Waals surface area contributed by atoms with Gasteiger partial charge in [-0.15, -0.1) is 12.4 Å². The SMILES string of the molecule is CNCC1CCN(Cc2cnn(-c3ccccc3)n2)C1.Cl. The second-order valence-corrected chi connectivity index (χ2v) is 5.41. The second kappa shape index (κ2) is 7.54. The third-order valence-corrected chi connectivity index (χ3v) is 3.77. The number of aromatic nitrogens is 3. The zero-order chi connectivity index (χ0) is 13.8. The van der Waals surface area contributed by atoms with Crippen LogP contribution in [0.15, 0.2) is 36.5 Å². The molecule has 114 valence electrons. The average Bonchev–Trinajstić information content (AvgIpc) is 3.11. The first kappa shape index (κ1) is 15.9. The van der Waals surface area contributed by atoms with E-state index in [1.807, 2.05) is 43.6 Å². The number of nitrogens with one attached hydrogen (secondary N) is 1. The van der Waals surface area contributed by atoms with Crippen LogP contribution in [-0.2, 0) is 6.54 Å². The molecule has 2 aromatic rings. The van der Waals surface area contributed by atoms with Crippen molar-refractivity contribution in [2.45, 2.75) is 13.0 Å². The smallest absolute Gasteiger partial charge is 0.0971 e. The summed E-state index contributed by atoms with van der Waals surface area (Å²) < 4.78 is 0. The largest absolute Gasteiger partial charge is 0.319 e. The topological polar surface area (TPSA) is 46.0 Å². The van der Waals surface area contributed by atoms with Crippen molar-refractivity contribution in [3.8, 4) is 5.69 Å². The Morgan fingerprint density at radius 2 is 2.10 bits per heavy atom. The molecule has 2 heterocycles. The van der Waals surface area contributed by atoms with Gasteiger partial charge in [0.15, 0.2) is 0 Å². The molecule has 0 amide bonds. The van der Waals surface area contributed by atoms with Gasteiger partial charge in [-0.3, -0.25) is 4.90 Å². The molecule has 1 saturated heterocycles. The number of likely N-dealkylation sites (tertiary alicyclic amines) is 1. The summed E-state index contributed by atoms with van der Waals surface area (Å²) in [5, 5.41) is 12.2. The van der Waals surface area contributed by atoms with Gasteiger partial charge in [-0.1, -0.05) is 18.2 Å². The van der Waals surface area contributed by atoms with Crippen molar-refractivity contribution in [3.63, 3.8) is 0 Å². The predicted molar refractivity (Wildman–Crippen MR) is 85.9 cm³/mol. The number of halogens is 1. The first-order chi connectivity index (χ1) is 9.85. The van der Waals surface area contributed by atoms with Crippen molar-refractivity contribution in [3.05, 3.63) is 42.2 Å². The molecule has 1 aliphatic heterocycles. The summed E-state index contributed by atoms with van der Waals surface area (Å²) in [6.07, 6.45) is 3.14. The van der Waals surface area contributed by atoms with Crippen molar-refractivity contribution in [2.75, 3.05) is 26.7 Å². The van der Waals surface area contributed by atoms with Gasteiger partial charge in [0.2, 0.25) is 0 Å². The summed E-state index contributed by atoms with van der Waals surface area (Å²) in [6.45, 7) is 4.31. The molecule has 1 atom stereocenters. The summed E-state index contributed by atoms with van der Waals surface area (Å²) in [6, 6.07) is 10.0. The van der Waals surface area contributed by atoms with Gasteiger partial charge < -0.3 is 5.32 Å². The summed E-state index contributed by atoms with van der Waals surface area (Å²) >= 11 is 0. The number of benzene rings is 1. The quantitative estimate of drug-likeness (QED) is 0.914. The van der Waals surface area contributed by atoms with E-state index in [1.165, 1.54) is 6.42 Å². The van der Waals surface area contributed by atoms with Crippen LogP contribution in [-0.4, -0.2) is 46.6 Å². The first-order valence-electron chi connectivity index (χ1n) is 7.19. The van der Waals surface area contributed by atoms with Crippen LogP contribution in [0.1, 0.15) is 12.1 Å². The van der Waals surface area contributed by atoms with Crippen LogP contribution in [0.2, 0.25) is 0 Å². The Kier molecular flexibility index (Phi) is 5.73. The Balaban J connectivity index is 0.00000161. The van der Waals surface area contributed by atoms with Crippen LogP contribution in [0, 0.1) is 5.92 Å². The molecule has 1 aromatic carbocycles. The van der Waals surface area contributed by atoms with Crippen molar-refractivity contribution in [1.82, 2.24) is 25.2 Å². The van der Waals surface area contributed by atoms with E-state index in [2.05, 4.69) is 20.4 Å². The molecule has 1 fully saturated rings. The first-order valence-corrected chi connectivity index (χ1v) is 7.19. The Morgan fingerprint density at radius 3 is 2.86 bits per heavy atom. The highest BCUT2D eigenvalue weighted by Gasteiger charge is 2.22. The van der Waals surface area contributed by atoms with E-state index in [1.54, 1.807) is 4.80 Å². The normalized spacial score (nSPS) is 18.6. The number of hydrogen-bond acceptors (Lipinski definition) is 4. The predicted octanol–water partition coefficient (Wildman–Crippen LogP) is 1.73. The zero-order valence-corrected chi connectivity index (χ0v) is 13.1. The van der Waals surface area contributed by atoms with Crippen molar-refractivity contribution >= 4 is 12.4 Å². The van der Waals surface area contributed by atoms with E-state index in [0.717, 1.165) is 43.5 Å². The van der Waals surface area contributed by atoms with Gasteiger partial charge in [0.05, 0.1) is 17.6 Å². The molecule has 0 spiro atoms. The zero-order valence-electron chi connectivity index (χ0n) is 12.3. The maximum Gasteiger partial charge on any atom is 0.0971 e. The molecule has 1 unspecified atom stereocenters. The van der Waals surface area contributed by atoms with Crippen LogP contribution in [0.4, 0.5) is 0 Å². The third-order valence-electron chi connectivity index (χ3n) is 3.77. The van der Waals surface area contributed by atoms with Gasteiger partial charge in [-0.2, -0.15) is 15.0 Å². The molecular formula is C15H22ClN5. The number of rotatable bonds is 5. The summed E-state index contributed by atoms with van der Waals surface area (Å²) in [5.74, 6) is 0.768. The van der Waals surface area contributed by atoms with E-state index in [9.17, 15) is 0 Å². The van der Waals surface area contributed by atoms with Crippen LogP contribution in [0.3, 0.4) is 0 Å². The molecule has 1 aromatic heterocycles. The van der Waals surface area contributed by atoms with Gasteiger partial charge in [-0.25, -0.2) is 0 Å². The fraction of sp³-hybridized carbons (Fsp3) is 0.467. The highest BCUT2D eigenvalue weighted by atomic mass is 35.5. The molecule has 0 bridgehead atoms. The van der Waals surface area contributed by atoms with Crippen molar-refractivity contribution in [1.29, 1.82) is 0 Å². The van der Waals surface area contributed by atoms with Crippen LogP contribution < -0.4 is 5.32 Å². The van der Waals surface area contributed by atoms with Gasteiger partial charge in [-0.05, 0) is 44.6 Å². The van der Waals surface area contributed by atoms with E-state index in [0.29, 0.717) is 0 Å². The van der Waals surface area contributed by atoms with E-state index in [4.69, 9.17) is 0 Å². The van der Waals surface area contributed by atoms with Gasteiger partial charge >= 0.3 is 0 Å². The Labute approximate surface area is 131 Å². The summed E-state index contributed by atoms with van der Waals surface area (Å²) in [5.41, 5.74) is 2.05. The molecule has 1 aliphatic rings. The maximum atomic E-state index is 4.56. The van der Waals surface area contributed by atoms with Gasteiger partial charge in [0, 0.05) is 13.1 Å². The van der Waals surface area contributed by atoms with Crippen molar-refractivity contribution < 1.29 is 0 Å². The van der Waals surface area contributed by atoms with Crippen LogP contribution in [0.5, 0.6) is 0 Å². The molecule has 6 heteroatoms. The average molecular weight is 308 g/mol. The Hall–Kier alpha value is -1.43. The second-order valence-electron chi connectivity index (χ2n) is 5.41. The Bertz CT molecular complexity index is 542. The molecule has 3 rings (SSSR count). The van der Waals surface area contributed by atoms with E-state index in [-0.39, 0.29) is 12.4 Å². The monoisotopic (exact) mass is 307 g/mol. The number of nitrogens with zero attached hydrogens (tertiary/aromatic N) is 4. The van der Waals surface area contributed by atoms with Gasteiger partial charge in [0.1, 0.15) is 0 Å². The summed E-state index contributed by atoms with van der Waals surface area (Å²) in [7, 11) is 2.02. The Morgan fingerprint density at radius 1 is 1.29 bits per heavy atom. The third kappa shape index (κ3) is 4.03. The van der Waals surface area contributed by atoms with E-state index < -0.39 is 0 Å². The standard InChI is InChI=1S/C15H21N5.ClH/c1-16-9-13-7-8-19(11-13)12-14-10-17-20(18-14)15-5-3-2-4-6-15;/h2-6,10,13,16H,7-9,11-12H2,1H3;1H. The summed E-state index contributed by atoms with van der Waals surface area (Å²) in [4.78, 5) is 4.16. The molecule has 5 nitrogen and oxygen atoms in total. The minimum Gasteiger partial charge on any atom is -0.319 e. The lowest BCUT2D eigenvalue weighted by Gasteiger charge is -2.13. The fourth-order valence-corrected chi connectivity index (χ4v) is 2.79. The number of hydrogen-bond donors (Lipinski definition) is 1. The van der Waals surface area contributed by atoms with E-state index >= 15 is 0 Å². The van der Waals surface area contributed by atoms with Crippen molar-refractivity contribution in [2.24, 2.45) is 5.92 Å². The molecule has 21 heavy (non-hydrogen) atoms. The highest BCUT2D eigenvalue weighted by molar-refractivity contribution is 5.85. The molecule has 1 N–H and O–H groups in total. The minimum atomic E-state index is 0. The molecular weight excluding hydrogens is 286 g/mol. The lowest BCUT2D eigenvalue weighted by Crippen LogP contribution is -2.24. The lowest BCUT2D eigenvalue weighted by atomic mass is 10.1. The highest BCUT2D eigenvalue weighted by Crippen LogP contribution is 2.17. The number of para-hydroxylation sites is 1. The minimum absolute atomic E-state index is 0. The maximum absolute atomic E-state index is 4.56. The molecule has 0 aliphatic carbocycles. The molecule has 0 saturated carbocycles. The van der Waals surface area contributed by atoms with Crippen LogP contribution >= 0.6 is 12.4 Å². The fourth-order valence-electron chi connectivity index (χ4n) is 2.79. The molecule has 0 radical (unpaired) electrons. The van der Waals surface area contributed by atoms with Crippen LogP contribution in [0.25, 0.3) is 5.69 Å². The van der Waals surface area contributed by atoms with Gasteiger partial charge in [0.25, 0.3) is 0 Å². The lowest BCUT2D eigenvalue weighted by molar-refractivity contribution is 0.311.